The molecule has 0 bridgehead atoms. The molecule has 1 aromatic heterocycles. The number of hydrogen-bond donors (Lipinski definition) is 1. The Bertz CT molecular complexity index is 543. The van der Waals surface area contributed by atoms with E-state index < -0.39 is 0 Å². The number of anilines is 1. The summed E-state index contributed by atoms with van der Waals surface area (Å²) in [6.07, 6.45) is 6.32. The number of thioether (sulfide) groups is 1. The van der Waals surface area contributed by atoms with Crippen LogP contribution < -0.4 is 10.2 Å². The number of carbonyl (C=O) groups excluding carboxylic acids is 1. The molecule has 6 heteroatoms. The number of amides is 1. The van der Waals surface area contributed by atoms with Crippen LogP contribution in [0, 0.1) is 0 Å². The first-order chi connectivity index (χ1) is 9.24. The van der Waals surface area contributed by atoms with Crippen molar-refractivity contribution in [2.75, 3.05) is 17.2 Å². The van der Waals surface area contributed by atoms with Gasteiger partial charge in [-0.3, -0.25) is 4.79 Å². The molecule has 19 heavy (non-hydrogen) atoms. The highest BCUT2D eigenvalue weighted by molar-refractivity contribution is 8.01. The van der Waals surface area contributed by atoms with Gasteiger partial charge in [0, 0.05) is 36.6 Å². The second-order valence-corrected chi connectivity index (χ2v) is 5.57. The van der Waals surface area contributed by atoms with E-state index in [-0.39, 0.29) is 11.2 Å². The molecule has 0 aliphatic carbocycles. The molecule has 3 heterocycles. The predicted molar refractivity (Wildman–Crippen MR) is 75.6 cm³/mol. The van der Waals surface area contributed by atoms with E-state index in [0.717, 1.165) is 30.0 Å². The second-order valence-electron chi connectivity index (χ2n) is 4.48. The first kappa shape index (κ1) is 12.2. The maximum Gasteiger partial charge on any atom is 0.241 e. The summed E-state index contributed by atoms with van der Waals surface area (Å²) in [5.74, 6) is 1.49. The van der Waals surface area contributed by atoms with E-state index in [0.29, 0.717) is 5.95 Å². The zero-order chi connectivity index (χ0) is 13.2. The van der Waals surface area contributed by atoms with Crippen molar-refractivity contribution in [1.82, 2.24) is 15.3 Å². The van der Waals surface area contributed by atoms with E-state index in [1.165, 1.54) is 0 Å². The fraction of sp³-hybridized carbons (Fsp3) is 0.308. The van der Waals surface area contributed by atoms with Crippen LogP contribution in [0.15, 0.2) is 42.5 Å². The number of nitrogens with zero attached hydrogens (tertiary/aromatic N) is 3. The minimum Gasteiger partial charge on any atom is -0.328 e. The Hall–Kier alpha value is -1.82. The molecule has 1 aromatic rings. The molecule has 1 atom stereocenters. The lowest BCUT2D eigenvalue weighted by Gasteiger charge is -2.23. The zero-order valence-corrected chi connectivity index (χ0v) is 11.2. The molecule has 5 nitrogen and oxygen atoms in total. The fourth-order valence-electron chi connectivity index (χ4n) is 2.19. The third-order valence-corrected chi connectivity index (χ3v) is 4.44. The summed E-state index contributed by atoms with van der Waals surface area (Å²) < 4.78 is 0. The lowest BCUT2D eigenvalue weighted by Crippen LogP contribution is -2.38. The summed E-state index contributed by atoms with van der Waals surface area (Å²) in [5, 5.41) is 2.70. The van der Waals surface area contributed by atoms with Crippen LogP contribution in [0.2, 0.25) is 0 Å². The number of rotatable bonds is 2. The van der Waals surface area contributed by atoms with E-state index >= 15 is 0 Å². The number of hydrogen-bond acceptors (Lipinski definition) is 5. The van der Waals surface area contributed by atoms with Gasteiger partial charge in [0.05, 0.1) is 0 Å². The van der Waals surface area contributed by atoms with E-state index in [1.807, 2.05) is 11.1 Å². The van der Waals surface area contributed by atoms with Crippen LogP contribution in [-0.2, 0) is 4.79 Å². The van der Waals surface area contributed by atoms with Gasteiger partial charge in [0.15, 0.2) is 0 Å². The number of carbonyl (C=O) groups is 1. The molecule has 3 rings (SSSR count). The summed E-state index contributed by atoms with van der Waals surface area (Å²) in [4.78, 5) is 22.4. The Labute approximate surface area is 115 Å². The standard InChI is InChI=1S/C13H14N4OS/c1-9-8-19-11(12(18)16-9)10-3-6-17(7-10)13-14-4-2-5-15-13/h2,4-5,7,11H,1,3,6,8H2,(H,16,18). The van der Waals surface area contributed by atoms with Crippen LogP contribution in [0.1, 0.15) is 6.42 Å². The maximum absolute atomic E-state index is 12.0. The van der Waals surface area contributed by atoms with Crippen molar-refractivity contribution >= 4 is 23.6 Å². The highest BCUT2D eigenvalue weighted by atomic mass is 32.2. The molecule has 1 unspecified atom stereocenters. The molecule has 1 fully saturated rings. The van der Waals surface area contributed by atoms with Gasteiger partial charge in [-0.1, -0.05) is 6.58 Å². The minimum atomic E-state index is -0.112. The van der Waals surface area contributed by atoms with Crippen LogP contribution in [0.5, 0.6) is 0 Å². The maximum atomic E-state index is 12.0. The highest BCUT2D eigenvalue weighted by Gasteiger charge is 2.31. The average Bonchev–Trinajstić information content (AvgIpc) is 2.89. The molecule has 98 valence electrons. The molecule has 1 N–H and O–H groups in total. The van der Waals surface area contributed by atoms with Gasteiger partial charge in [-0.2, -0.15) is 0 Å². The van der Waals surface area contributed by atoms with Crippen molar-refractivity contribution < 1.29 is 4.79 Å². The second kappa shape index (κ2) is 5.05. The third kappa shape index (κ3) is 2.49. The van der Waals surface area contributed by atoms with Gasteiger partial charge in [-0.25, -0.2) is 9.97 Å². The minimum absolute atomic E-state index is 0.0309. The van der Waals surface area contributed by atoms with E-state index in [9.17, 15) is 4.79 Å². The molecule has 1 amide bonds. The normalized spacial score (nSPS) is 23.3. The van der Waals surface area contributed by atoms with Crippen molar-refractivity contribution in [3.8, 4) is 0 Å². The van der Waals surface area contributed by atoms with Crippen molar-refractivity contribution in [3.05, 3.63) is 42.5 Å². The predicted octanol–water partition coefficient (Wildman–Crippen LogP) is 1.32. The molecular formula is C13H14N4OS. The lowest BCUT2D eigenvalue weighted by atomic mass is 10.1. The first-order valence-corrected chi connectivity index (χ1v) is 7.13. The van der Waals surface area contributed by atoms with Gasteiger partial charge < -0.3 is 10.2 Å². The summed E-state index contributed by atoms with van der Waals surface area (Å²) in [5.41, 5.74) is 1.91. The summed E-state index contributed by atoms with van der Waals surface area (Å²) in [7, 11) is 0. The van der Waals surface area contributed by atoms with Crippen molar-refractivity contribution in [1.29, 1.82) is 0 Å². The molecule has 0 saturated carbocycles. The van der Waals surface area contributed by atoms with Gasteiger partial charge in [-0.05, 0) is 18.1 Å². The molecule has 2 aliphatic rings. The lowest BCUT2D eigenvalue weighted by molar-refractivity contribution is -0.119. The van der Waals surface area contributed by atoms with Crippen LogP contribution in [0.25, 0.3) is 0 Å². The summed E-state index contributed by atoms with van der Waals surface area (Å²) in [6, 6.07) is 1.79. The highest BCUT2D eigenvalue weighted by Crippen LogP contribution is 2.31. The van der Waals surface area contributed by atoms with Crippen LogP contribution in [0.4, 0.5) is 5.95 Å². The quantitative estimate of drug-likeness (QED) is 0.881. The molecule has 2 aliphatic heterocycles. The monoisotopic (exact) mass is 274 g/mol. The van der Waals surface area contributed by atoms with Gasteiger partial charge in [0.25, 0.3) is 0 Å². The smallest absolute Gasteiger partial charge is 0.241 e. The van der Waals surface area contributed by atoms with Gasteiger partial charge >= 0.3 is 0 Å². The Balaban J connectivity index is 1.76. The van der Waals surface area contributed by atoms with E-state index in [1.54, 1.807) is 30.2 Å². The van der Waals surface area contributed by atoms with Crippen LogP contribution >= 0.6 is 11.8 Å². The Morgan fingerprint density at radius 1 is 1.42 bits per heavy atom. The van der Waals surface area contributed by atoms with E-state index in [2.05, 4.69) is 21.9 Å². The van der Waals surface area contributed by atoms with Crippen molar-refractivity contribution in [3.63, 3.8) is 0 Å². The van der Waals surface area contributed by atoms with Crippen molar-refractivity contribution in [2.24, 2.45) is 0 Å². The van der Waals surface area contributed by atoms with Crippen molar-refractivity contribution in [2.45, 2.75) is 11.7 Å². The SMILES string of the molecule is C=C1CSC(C2=CN(c3ncccn3)CC2)C(=O)N1. The van der Waals surface area contributed by atoms with Gasteiger partial charge in [0.2, 0.25) is 11.9 Å². The molecule has 1 saturated heterocycles. The van der Waals surface area contributed by atoms with E-state index in [4.69, 9.17) is 0 Å². The Kier molecular flexibility index (Phi) is 3.25. The van der Waals surface area contributed by atoms with Crippen LogP contribution in [-0.4, -0.2) is 33.4 Å². The molecule has 0 radical (unpaired) electrons. The third-order valence-electron chi connectivity index (χ3n) is 3.07. The average molecular weight is 274 g/mol. The fourth-order valence-corrected chi connectivity index (χ4v) is 3.23. The number of nitrogens with one attached hydrogen (secondary N) is 1. The topological polar surface area (TPSA) is 58.1 Å². The molecule has 0 spiro atoms. The Morgan fingerprint density at radius 3 is 2.95 bits per heavy atom. The van der Waals surface area contributed by atoms with Gasteiger partial charge in [-0.15, -0.1) is 11.8 Å². The molecule has 0 aromatic carbocycles. The largest absolute Gasteiger partial charge is 0.328 e. The Morgan fingerprint density at radius 2 is 2.21 bits per heavy atom. The zero-order valence-electron chi connectivity index (χ0n) is 10.4. The first-order valence-electron chi connectivity index (χ1n) is 6.08. The van der Waals surface area contributed by atoms with Gasteiger partial charge in [0.1, 0.15) is 5.25 Å². The van der Waals surface area contributed by atoms with Crippen LogP contribution in [0.3, 0.4) is 0 Å². The summed E-state index contributed by atoms with van der Waals surface area (Å²) in [6.45, 7) is 4.61. The summed E-state index contributed by atoms with van der Waals surface area (Å²) >= 11 is 1.63. The number of aromatic nitrogens is 2. The molecular weight excluding hydrogens is 260 g/mol.